The van der Waals surface area contributed by atoms with Crippen LogP contribution >= 0.6 is 0 Å². The molecule has 2 aromatic heterocycles. The van der Waals surface area contributed by atoms with Gasteiger partial charge in [-0.15, -0.1) is 0 Å². The number of halogens is 3. The number of benzene rings is 2. The Morgan fingerprint density at radius 1 is 1.17 bits per heavy atom. The Labute approximate surface area is 206 Å². The molecule has 0 saturated heterocycles. The van der Waals surface area contributed by atoms with Gasteiger partial charge in [-0.25, -0.2) is 0 Å². The summed E-state index contributed by atoms with van der Waals surface area (Å²) in [7, 11) is 1.61. The first-order valence-corrected chi connectivity index (χ1v) is 12.1. The standard InChI is InChI=1S/C28H27F3N2O3/c1-3-4-9-25(34)33-15-14-18-20-16-17(35-2)10-11-22(20)32-26(18)27(33)24-13-12-23(36-24)19-7-5-6-8-21(19)28(29,30)31/h5-8,10-13,16,27,32H,3-4,9,14-15H2,1-2H3/t27-/m0/s1. The molecule has 8 heteroatoms. The number of methoxy groups -OCH3 is 1. The molecule has 0 unspecified atom stereocenters. The number of nitrogens with one attached hydrogen (secondary N) is 1. The minimum atomic E-state index is -4.51. The highest BCUT2D eigenvalue weighted by molar-refractivity contribution is 5.88. The maximum absolute atomic E-state index is 13.6. The number of alkyl halides is 3. The number of unbranched alkanes of at least 4 members (excludes halogenated alkanes) is 1. The number of hydrogen-bond donors (Lipinski definition) is 1. The molecule has 0 radical (unpaired) electrons. The lowest BCUT2D eigenvalue weighted by atomic mass is 9.95. The van der Waals surface area contributed by atoms with Gasteiger partial charge in [0.2, 0.25) is 5.91 Å². The van der Waals surface area contributed by atoms with Gasteiger partial charge in [0, 0.05) is 29.4 Å². The summed E-state index contributed by atoms with van der Waals surface area (Å²) >= 11 is 0. The summed E-state index contributed by atoms with van der Waals surface area (Å²) in [5.41, 5.74) is 1.99. The molecule has 5 nitrogen and oxygen atoms in total. The van der Waals surface area contributed by atoms with Crippen molar-refractivity contribution in [3.8, 4) is 17.1 Å². The number of aromatic nitrogens is 1. The third-order valence-corrected chi connectivity index (χ3v) is 6.79. The lowest BCUT2D eigenvalue weighted by Gasteiger charge is -2.35. The Bertz CT molecular complexity index is 1400. The molecular weight excluding hydrogens is 469 g/mol. The van der Waals surface area contributed by atoms with Crippen LogP contribution in [0.15, 0.2) is 59.0 Å². The van der Waals surface area contributed by atoms with Gasteiger partial charge in [-0.05, 0) is 54.8 Å². The number of carbonyl (C=O) groups excluding carboxylic acids is 1. The molecule has 36 heavy (non-hydrogen) atoms. The quantitative estimate of drug-likeness (QED) is 0.309. The predicted molar refractivity (Wildman–Crippen MR) is 131 cm³/mol. The predicted octanol–water partition coefficient (Wildman–Crippen LogP) is 7.12. The van der Waals surface area contributed by atoms with Crippen molar-refractivity contribution in [2.24, 2.45) is 0 Å². The molecule has 1 aliphatic rings. The summed E-state index contributed by atoms with van der Waals surface area (Å²) in [6, 6.07) is 13.8. The van der Waals surface area contributed by atoms with E-state index in [9.17, 15) is 18.0 Å². The van der Waals surface area contributed by atoms with Gasteiger partial charge in [0.25, 0.3) is 0 Å². The van der Waals surface area contributed by atoms with E-state index in [2.05, 4.69) is 4.98 Å². The van der Waals surface area contributed by atoms with E-state index >= 15 is 0 Å². The highest BCUT2D eigenvalue weighted by Crippen LogP contribution is 2.43. The first-order valence-electron chi connectivity index (χ1n) is 12.1. The first kappa shape index (κ1) is 24.0. The third kappa shape index (κ3) is 4.25. The normalized spacial score (nSPS) is 15.8. The van der Waals surface area contributed by atoms with E-state index in [4.69, 9.17) is 9.15 Å². The van der Waals surface area contributed by atoms with Crippen LogP contribution in [-0.4, -0.2) is 29.4 Å². The van der Waals surface area contributed by atoms with Gasteiger partial charge in [-0.2, -0.15) is 13.2 Å². The number of H-pyrrole nitrogens is 1. The Hall–Kier alpha value is -3.68. The van der Waals surface area contributed by atoms with E-state index in [-0.39, 0.29) is 17.2 Å². The number of hydrogen-bond acceptors (Lipinski definition) is 3. The van der Waals surface area contributed by atoms with Gasteiger partial charge < -0.3 is 19.0 Å². The van der Waals surface area contributed by atoms with Gasteiger partial charge in [0.15, 0.2) is 0 Å². The first-order chi connectivity index (χ1) is 17.3. The molecule has 1 aliphatic heterocycles. The van der Waals surface area contributed by atoms with Gasteiger partial charge in [-0.1, -0.05) is 31.5 Å². The van der Waals surface area contributed by atoms with E-state index < -0.39 is 17.8 Å². The molecule has 0 fully saturated rings. The van der Waals surface area contributed by atoms with Crippen molar-refractivity contribution in [1.82, 2.24) is 9.88 Å². The molecule has 0 saturated carbocycles. The largest absolute Gasteiger partial charge is 0.497 e. The van der Waals surface area contributed by atoms with Crippen molar-refractivity contribution in [2.75, 3.05) is 13.7 Å². The number of carbonyl (C=O) groups is 1. The maximum Gasteiger partial charge on any atom is 0.417 e. The van der Waals surface area contributed by atoms with Crippen LogP contribution in [-0.2, 0) is 17.4 Å². The molecule has 1 atom stereocenters. The number of fused-ring (bicyclic) bond motifs is 3. The SMILES string of the molecule is CCCCC(=O)N1CCc2c([nH]c3ccc(OC)cc23)[C@@H]1c1ccc(-c2ccccc2C(F)(F)F)o1. The molecule has 3 heterocycles. The van der Waals surface area contributed by atoms with Crippen molar-refractivity contribution < 1.29 is 27.1 Å². The van der Waals surface area contributed by atoms with E-state index in [1.54, 1.807) is 30.2 Å². The second-order valence-corrected chi connectivity index (χ2v) is 9.02. The number of amides is 1. The van der Waals surface area contributed by atoms with Crippen LogP contribution in [0.1, 0.15) is 54.8 Å². The van der Waals surface area contributed by atoms with Crippen LogP contribution in [0.5, 0.6) is 5.75 Å². The van der Waals surface area contributed by atoms with Crippen LogP contribution < -0.4 is 4.74 Å². The van der Waals surface area contributed by atoms with Crippen LogP contribution in [0.4, 0.5) is 13.2 Å². The number of rotatable bonds is 6. The molecular formula is C28H27F3N2O3. The third-order valence-electron chi connectivity index (χ3n) is 6.79. The summed E-state index contributed by atoms with van der Waals surface area (Å²) in [5, 5.41) is 1.00. The van der Waals surface area contributed by atoms with Crippen LogP contribution in [0.3, 0.4) is 0 Å². The average Bonchev–Trinajstić information content (AvgIpc) is 3.50. The highest BCUT2D eigenvalue weighted by Gasteiger charge is 2.38. The van der Waals surface area contributed by atoms with Crippen LogP contribution in [0.2, 0.25) is 0 Å². The molecule has 1 N–H and O–H groups in total. The molecule has 188 valence electrons. The topological polar surface area (TPSA) is 58.5 Å². The molecule has 2 aromatic carbocycles. The number of furan rings is 1. The number of aromatic amines is 1. The van der Waals surface area contributed by atoms with Crippen molar-refractivity contribution in [1.29, 1.82) is 0 Å². The Kier molecular flexibility index (Phi) is 6.28. The summed E-state index contributed by atoms with van der Waals surface area (Å²) in [6.07, 6.45) is -1.80. The Balaban J connectivity index is 1.62. The summed E-state index contributed by atoms with van der Waals surface area (Å²) < 4.78 is 52.4. The molecule has 5 rings (SSSR count). The zero-order valence-corrected chi connectivity index (χ0v) is 20.1. The zero-order chi connectivity index (χ0) is 25.4. The molecule has 4 aromatic rings. The molecule has 0 spiro atoms. The second kappa shape index (κ2) is 9.41. The maximum atomic E-state index is 13.6. The van der Waals surface area contributed by atoms with Gasteiger partial charge in [0.05, 0.1) is 18.4 Å². The highest BCUT2D eigenvalue weighted by atomic mass is 19.4. The van der Waals surface area contributed by atoms with E-state index in [0.29, 0.717) is 25.1 Å². The van der Waals surface area contributed by atoms with Gasteiger partial charge >= 0.3 is 6.18 Å². The van der Waals surface area contributed by atoms with Crippen molar-refractivity contribution in [3.63, 3.8) is 0 Å². The molecule has 0 aliphatic carbocycles. The van der Waals surface area contributed by atoms with Gasteiger partial charge in [-0.3, -0.25) is 4.79 Å². The van der Waals surface area contributed by atoms with Gasteiger partial charge in [0.1, 0.15) is 23.3 Å². The lowest BCUT2D eigenvalue weighted by Crippen LogP contribution is -2.40. The minimum Gasteiger partial charge on any atom is -0.497 e. The summed E-state index contributed by atoms with van der Waals surface area (Å²) in [5.74, 6) is 1.26. The second-order valence-electron chi connectivity index (χ2n) is 9.02. The van der Waals surface area contributed by atoms with Crippen molar-refractivity contribution in [2.45, 2.75) is 44.8 Å². The zero-order valence-electron chi connectivity index (χ0n) is 20.1. The van der Waals surface area contributed by atoms with Crippen molar-refractivity contribution in [3.05, 3.63) is 77.2 Å². The van der Waals surface area contributed by atoms with E-state index in [1.165, 1.54) is 12.1 Å². The molecule has 0 bridgehead atoms. The fraction of sp³-hybridized carbons (Fsp3) is 0.321. The lowest BCUT2D eigenvalue weighted by molar-refractivity contribution is -0.137. The Morgan fingerprint density at radius 3 is 2.72 bits per heavy atom. The number of nitrogens with zero attached hydrogens (tertiary/aromatic N) is 1. The van der Waals surface area contributed by atoms with E-state index in [0.717, 1.165) is 46.8 Å². The minimum absolute atomic E-state index is 0.00243. The Morgan fingerprint density at radius 2 is 1.97 bits per heavy atom. The number of ether oxygens (including phenoxy) is 1. The van der Waals surface area contributed by atoms with Crippen molar-refractivity contribution >= 4 is 16.8 Å². The monoisotopic (exact) mass is 496 g/mol. The van der Waals surface area contributed by atoms with E-state index in [1.807, 2.05) is 25.1 Å². The summed E-state index contributed by atoms with van der Waals surface area (Å²) in [4.78, 5) is 18.5. The fourth-order valence-electron chi connectivity index (χ4n) is 5.02. The fourth-order valence-corrected chi connectivity index (χ4v) is 5.02. The van der Waals surface area contributed by atoms with Crippen LogP contribution in [0, 0.1) is 0 Å². The average molecular weight is 497 g/mol. The summed E-state index contributed by atoms with van der Waals surface area (Å²) in [6.45, 7) is 2.51. The smallest absolute Gasteiger partial charge is 0.417 e. The molecule has 1 amide bonds. The van der Waals surface area contributed by atoms with Crippen LogP contribution in [0.25, 0.3) is 22.2 Å².